The third-order valence-corrected chi connectivity index (χ3v) is 4.95. The van der Waals surface area contributed by atoms with Crippen LogP contribution in [-0.2, 0) is 4.79 Å². The van der Waals surface area contributed by atoms with Crippen molar-refractivity contribution in [1.82, 2.24) is 15.6 Å². The molecule has 0 unspecified atom stereocenters. The molecule has 1 amide bonds. The van der Waals surface area contributed by atoms with Gasteiger partial charge >= 0.3 is 0 Å². The Hall–Kier alpha value is -2.40. The van der Waals surface area contributed by atoms with Crippen LogP contribution in [0.1, 0.15) is 39.0 Å². The lowest BCUT2D eigenvalue weighted by Gasteiger charge is -2.27. The maximum absolute atomic E-state index is 12.6. The highest BCUT2D eigenvalue weighted by Crippen LogP contribution is 2.29. The van der Waals surface area contributed by atoms with E-state index < -0.39 is 0 Å². The molecule has 0 bridgehead atoms. The van der Waals surface area contributed by atoms with Crippen LogP contribution in [0.4, 0.5) is 5.69 Å². The number of aromatic nitrogens is 1. The second-order valence-electron chi connectivity index (χ2n) is 8.49. The number of anilines is 1. The molecule has 144 valence electrons. The van der Waals surface area contributed by atoms with E-state index in [1.807, 2.05) is 32.9 Å². The van der Waals surface area contributed by atoms with Crippen molar-refractivity contribution in [1.29, 1.82) is 0 Å². The van der Waals surface area contributed by atoms with Gasteiger partial charge in [-0.3, -0.25) is 15.1 Å². The first-order valence-electron chi connectivity index (χ1n) is 9.51. The van der Waals surface area contributed by atoms with E-state index in [2.05, 4.69) is 59.9 Å². The first-order valence-corrected chi connectivity index (χ1v) is 9.51. The molecule has 1 aromatic heterocycles. The van der Waals surface area contributed by atoms with Gasteiger partial charge in [-0.15, -0.1) is 0 Å². The molecule has 0 aliphatic carbocycles. The summed E-state index contributed by atoms with van der Waals surface area (Å²) in [6.07, 6.45) is 2.03. The second kappa shape index (κ2) is 6.97. The second-order valence-corrected chi connectivity index (χ2v) is 8.49. The van der Waals surface area contributed by atoms with E-state index in [0.29, 0.717) is 13.1 Å². The molecule has 2 heterocycles. The zero-order valence-corrected chi connectivity index (χ0v) is 17.2. The van der Waals surface area contributed by atoms with Crippen molar-refractivity contribution < 1.29 is 4.79 Å². The number of para-hydroxylation sites is 1. The van der Waals surface area contributed by atoms with E-state index in [9.17, 15) is 4.79 Å². The van der Waals surface area contributed by atoms with Gasteiger partial charge in [0, 0.05) is 46.5 Å². The molecule has 0 radical (unpaired) electrons. The van der Waals surface area contributed by atoms with E-state index in [1.54, 1.807) is 0 Å². The molecule has 0 fully saturated rings. The fourth-order valence-electron chi connectivity index (χ4n) is 3.93. The van der Waals surface area contributed by atoms with Crippen molar-refractivity contribution in [2.75, 3.05) is 18.4 Å². The van der Waals surface area contributed by atoms with Crippen molar-refractivity contribution in [3.05, 3.63) is 47.2 Å². The number of carbonyl (C=O) groups is 1. The van der Waals surface area contributed by atoms with Gasteiger partial charge in [0.05, 0.1) is 5.52 Å². The summed E-state index contributed by atoms with van der Waals surface area (Å²) in [5, 5.41) is 11.1. The number of pyridine rings is 1. The summed E-state index contributed by atoms with van der Waals surface area (Å²) in [4.78, 5) is 17.3. The van der Waals surface area contributed by atoms with Crippen LogP contribution in [-0.4, -0.2) is 35.1 Å². The summed E-state index contributed by atoms with van der Waals surface area (Å²) in [5.74, 6) is -0.00788. The largest absolute Gasteiger partial charge is 0.383 e. The smallest absolute Gasteiger partial charge is 0.248 e. The van der Waals surface area contributed by atoms with Crippen LogP contribution in [0.25, 0.3) is 10.9 Å². The molecule has 0 saturated carbocycles. The number of fused-ring (bicyclic) bond motifs is 1. The number of hydrogen-bond acceptors (Lipinski definition) is 4. The van der Waals surface area contributed by atoms with Crippen molar-refractivity contribution in [3.8, 4) is 0 Å². The van der Waals surface area contributed by atoms with Crippen molar-refractivity contribution in [2.45, 2.75) is 52.6 Å². The lowest BCUT2D eigenvalue weighted by Crippen LogP contribution is -2.48. The number of nitrogens with zero attached hydrogens (tertiary/aromatic N) is 1. The molecule has 3 rings (SSSR count). The van der Waals surface area contributed by atoms with Gasteiger partial charge in [0.2, 0.25) is 5.91 Å². The van der Waals surface area contributed by atoms with Crippen molar-refractivity contribution >= 4 is 22.5 Å². The fraction of sp³-hybridized carbons (Fsp3) is 0.455. The highest BCUT2D eigenvalue weighted by atomic mass is 16.1. The van der Waals surface area contributed by atoms with Gasteiger partial charge in [0.25, 0.3) is 0 Å². The Labute approximate surface area is 161 Å². The topological polar surface area (TPSA) is 66.0 Å². The summed E-state index contributed by atoms with van der Waals surface area (Å²) in [6.45, 7) is 13.5. The molecule has 2 aromatic rings. The number of nitrogens with one attached hydrogen (secondary N) is 3. The van der Waals surface area contributed by atoms with Gasteiger partial charge < -0.3 is 10.6 Å². The van der Waals surface area contributed by atoms with E-state index in [0.717, 1.165) is 33.4 Å². The van der Waals surface area contributed by atoms with Gasteiger partial charge in [-0.25, -0.2) is 0 Å². The van der Waals surface area contributed by atoms with Crippen molar-refractivity contribution in [2.24, 2.45) is 0 Å². The molecule has 0 spiro atoms. The maximum atomic E-state index is 12.6. The van der Waals surface area contributed by atoms with Crippen LogP contribution in [0.5, 0.6) is 0 Å². The van der Waals surface area contributed by atoms with Crippen LogP contribution in [0.2, 0.25) is 0 Å². The Balaban J connectivity index is 1.64. The zero-order chi connectivity index (χ0) is 19.8. The molecule has 1 aliphatic heterocycles. The van der Waals surface area contributed by atoms with Crippen LogP contribution in [0.3, 0.4) is 0 Å². The van der Waals surface area contributed by atoms with E-state index >= 15 is 0 Å². The van der Waals surface area contributed by atoms with Gasteiger partial charge in [-0.2, -0.15) is 0 Å². The van der Waals surface area contributed by atoms with Gasteiger partial charge in [-0.05, 0) is 53.2 Å². The Kier molecular flexibility index (Phi) is 5.00. The number of rotatable bonds is 5. The Morgan fingerprint density at radius 3 is 2.56 bits per heavy atom. The maximum Gasteiger partial charge on any atom is 0.248 e. The summed E-state index contributed by atoms with van der Waals surface area (Å²) >= 11 is 0. The Morgan fingerprint density at radius 1 is 1.15 bits per heavy atom. The molecule has 3 N–H and O–H groups in total. The summed E-state index contributed by atoms with van der Waals surface area (Å²) in [7, 11) is 0. The SMILES string of the molecule is Cc1cc(NCCNC(=O)C2=CC(C)(C)NC2(C)C)c2cccc(C)c2n1. The van der Waals surface area contributed by atoms with Crippen LogP contribution in [0.15, 0.2) is 35.9 Å². The molecule has 1 aliphatic rings. The highest BCUT2D eigenvalue weighted by molar-refractivity contribution is 5.96. The lowest BCUT2D eigenvalue weighted by molar-refractivity contribution is -0.117. The number of carbonyl (C=O) groups excluding carboxylic acids is 1. The predicted octanol–water partition coefficient (Wildman–Crippen LogP) is 3.47. The summed E-state index contributed by atoms with van der Waals surface area (Å²) in [5.41, 5.74) is 4.53. The van der Waals surface area contributed by atoms with E-state index in [-0.39, 0.29) is 17.0 Å². The highest BCUT2D eigenvalue weighted by Gasteiger charge is 2.39. The average molecular weight is 367 g/mol. The lowest BCUT2D eigenvalue weighted by atomic mass is 9.96. The number of aryl methyl sites for hydroxylation is 2. The van der Waals surface area contributed by atoms with E-state index in [1.165, 1.54) is 0 Å². The number of benzene rings is 1. The fourth-order valence-corrected chi connectivity index (χ4v) is 3.93. The molecule has 1 aromatic carbocycles. The molecule has 5 nitrogen and oxygen atoms in total. The third kappa shape index (κ3) is 4.14. The van der Waals surface area contributed by atoms with Crippen LogP contribution in [0, 0.1) is 13.8 Å². The first-order chi connectivity index (χ1) is 12.6. The minimum atomic E-state index is -0.322. The minimum Gasteiger partial charge on any atom is -0.383 e. The average Bonchev–Trinajstić information content (AvgIpc) is 2.79. The summed E-state index contributed by atoms with van der Waals surface area (Å²) < 4.78 is 0. The molecular weight excluding hydrogens is 336 g/mol. The van der Waals surface area contributed by atoms with Gasteiger partial charge in [0.15, 0.2) is 0 Å². The monoisotopic (exact) mass is 366 g/mol. The van der Waals surface area contributed by atoms with Crippen molar-refractivity contribution in [3.63, 3.8) is 0 Å². The van der Waals surface area contributed by atoms with Crippen LogP contribution < -0.4 is 16.0 Å². The predicted molar refractivity (Wildman–Crippen MR) is 112 cm³/mol. The molecule has 5 heteroatoms. The number of amides is 1. The Morgan fingerprint density at radius 2 is 1.89 bits per heavy atom. The zero-order valence-electron chi connectivity index (χ0n) is 17.2. The van der Waals surface area contributed by atoms with E-state index in [4.69, 9.17) is 0 Å². The minimum absolute atomic E-state index is 0.00788. The third-order valence-electron chi connectivity index (χ3n) is 4.95. The standard InChI is InChI=1S/C22H30N4O/c1-14-8-7-9-16-18(12-15(2)25-19(14)16)23-10-11-24-20(27)17-13-21(3,4)26-22(17,5)6/h7-9,12-13,26H,10-11H2,1-6H3,(H,23,25)(H,24,27). The quantitative estimate of drug-likeness (QED) is 0.709. The number of hydrogen-bond donors (Lipinski definition) is 3. The molecular formula is C22H30N4O. The molecule has 27 heavy (non-hydrogen) atoms. The Bertz CT molecular complexity index is 912. The van der Waals surface area contributed by atoms with Gasteiger partial charge in [0.1, 0.15) is 0 Å². The van der Waals surface area contributed by atoms with Crippen LogP contribution >= 0.6 is 0 Å². The summed E-state index contributed by atoms with van der Waals surface area (Å²) in [6, 6.07) is 8.25. The normalized spacial score (nSPS) is 17.6. The first kappa shape index (κ1) is 19.4. The van der Waals surface area contributed by atoms with Gasteiger partial charge in [-0.1, -0.05) is 24.3 Å². The molecule has 0 atom stereocenters. The molecule has 0 saturated heterocycles.